The number of ether oxygens (including phenoxy) is 2. The van der Waals surface area contributed by atoms with E-state index in [4.69, 9.17) is 14.6 Å². The minimum Gasteiger partial charge on any atom is -0.493 e. The lowest BCUT2D eigenvalue weighted by Gasteiger charge is -2.11. The summed E-state index contributed by atoms with van der Waals surface area (Å²) in [7, 11) is 1.49. The molecule has 0 saturated carbocycles. The predicted octanol–water partition coefficient (Wildman–Crippen LogP) is 3.65. The maximum absolute atomic E-state index is 11.0. The molecule has 0 bridgehead atoms. The highest BCUT2D eigenvalue weighted by Crippen LogP contribution is 2.32. The van der Waals surface area contributed by atoms with Crippen LogP contribution in [0.25, 0.3) is 0 Å². The summed E-state index contributed by atoms with van der Waals surface area (Å²) < 4.78 is 11.6. The van der Waals surface area contributed by atoms with E-state index in [-0.39, 0.29) is 5.56 Å². The summed E-state index contributed by atoms with van der Waals surface area (Å²) in [6.45, 7) is 1.91. The van der Waals surface area contributed by atoms with Crippen molar-refractivity contribution in [1.82, 2.24) is 4.98 Å². The van der Waals surface area contributed by atoms with Gasteiger partial charge in [-0.3, -0.25) is 0 Å². The van der Waals surface area contributed by atoms with Crippen molar-refractivity contribution < 1.29 is 19.4 Å². The highest BCUT2D eigenvalue weighted by molar-refractivity contribution is 9.10. The van der Waals surface area contributed by atoms with E-state index in [9.17, 15) is 4.79 Å². The molecular weight excluding hydrogens is 326 g/mol. The number of aromatic nitrogens is 1. The fourth-order valence-electron chi connectivity index (χ4n) is 1.57. The zero-order valence-electron chi connectivity index (χ0n) is 10.9. The first-order valence-corrected chi connectivity index (χ1v) is 6.52. The second kappa shape index (κ2) is 5.92. The van der Waals surface area contributed by atoms with E-state index >= 15 is 0 Å². The Morgan fingerprint density at radius 1 is 1.30 bits per heavy atom. The molecule has 0 amide bonds. The van der Waals surface area contributed by atoms with Crippen LogP contribution in [-0.4, -0.2) is 23.2 Å². The van der Waals surface area contributed by atoms with E-state index in [0.29, 0.717) is 17.4 Å². The van der Waals surface area contributed by atoms with Gasteiger partial charge in [0.15, 0.2) is 11.5 Å². The van der Waals surface area contributed by atoms with Crippen LogP contribution in [0.1, 0.15) is 15.9 Å². The summed E-state index contributed by atoms with van der Waals surface area (Å²) in [6.07, 6.45) is 1.62. The Kier molecular flexibility index (Phi) is 4.24. The molecule has 6 heteroatoms. The smallest absolute Gasteiger partial charge is 0.335 e. The Morgan fingerprint density at radius 2 is 2.05 bits per heavy atom. The summed E-state index contributed by atoms with van der Waals surface area (Å²) in [4.78, 5) is 15.1. The average molecular weight is 338 g/mol. The molecule has 2 aromatic rings. The number of hydrogen-bond acceptors (Lipinski definition) is 4. The highest BCUT2D eigenvalue weighted by Gasteiger charge is 2.12. The molecule has 1 aromatic carbocycles. The first-order chi connectivity index (χ1) is 9.51. The number of halogens is 1. The Bertz CT molecular complexity index is 658. The largest absolute Gasteiger partial charge is 0.493 e. The van der Waals surface area contributed by atoms with E-state index in [2.05, 4.69) is 20.9 Å². The van der Waals surface area contributed by atoms with E-state index in [1.54, 1.807) is 18.3 Å². The third kappa shape index (κ3) is 3.08. The van der Waals surface area contributed by atoms with Crippen LogP contribution in [0.15, 0.2) is 34.9 Å². The molecule has 0 spiro atoms. The lowest BCUT2D eigenvalue weighted by molar-refractivity contribution is 0.0696. The van der Waals surface area contributed by atoms with Crippen molar-refractivity contribution in [3.05, 3.63) is 46.1 Å². The monoisotopic (exact) mass is 337 g/mol. The van der Waals surface area contributed by atoms with E-state index in [1.807, 2.05) is 6.92 Å². The van der Waals surface area contributed by atoms with Crippen LogP contribution in [0, 0.1) is 6.92 Å². The number of aromatic carboxylic acids is 1. The van der Waals surface area contributed by atoms with Crippen molar-refractivity contribution in [2.75, 3.05) is 7.11 Å². The second-order valence-electron chi connectivity index (χ2n) is 4.04. The van der Waals surface area contributed by atoms with Gasteiger partial charge in [0.25, 0.3) is 0 Å². The molecule has 0 fully saturated rings. The molecule has 1 N–H and O–H groups in total. The molecular formula is C14H12BrNO4. The van der Waals surface area contributed by atoms with Gasteiger partial charge in [-0.05, 0) is 46.6 Å². The molecule has 0 aliphatic carbocycles. The number of methoxy groups -OCH3 is 1. The van der Waals surface area contributed by atoms with Crippen LogP contribution in [0.3, 0.4) is 0 Å². The van der Waals surface area contributed by atoms with Crippen molar-refractivity contribution in [3.8, 4) is 17.4 Å². The molecule has 0 unspecified atom stereocenters. The molecule has 0 radical (unpaired) electrons. The quantitative estimate of drug-likeness (QED) is 0.922. The van der Waals surface area contributed by atoms with Crippen molar-refractivity contribution in [1.29, 1.82) is 0 Å². The number of carboxylic acids is 1. The van der Waals surface area contributed by atoms with E-state index in [0.717, 1.165) is 10.0 Å². The summed E-state index contributed by atoms with van der Waals surface area (Å²) in [5, 5.41) is 9.00. The van der Waals surface area contributed by atoms with E-state index in [1.165, 1.54) is 19.2 Å². The summed E-state index contributed by atoms with van der Waals surface area (Å²) in [6, 6.07) is 6.15. The number of pyridine rings is 1. The predicted molar refractivity (Wildman–Crippen MR) is 76.7 cm³/mol. The van der Waals surface area contributed by atoms with Gasteiger partial charge in [0.1, 0.15) is 0 Å². The Morgan fingerprint density at radius 3 is 2.65 bits per heavy atom. The van der Waals surface area contributed by atoms with Crippen LogP contribution in [0.5, 0.6) is 17.4 Å². The van der Waals surface area contributed by atoms with Gasteiger partial charge in [0.2, 0.25) is 5.88 Å². The third-order valence-electron chi connectivity index (χ3n) is 2.65. The summed E-state index contributed by atoms with van der Waals surface area (Å²) in [5.41, 5.74) is 1.08. The normalized spacial score (nSPS) is 10.2. The first kappa shape index (κ1) is 14.3. The van der Waals surface area contributed by atoms with Gasteiger partial charge in [-0.1, -0.05) is 0 Å². The number of nitrogens with zero attached hydrogens (tertiary/aromatic N) is 1. The molecule has 5 nitrogen and oxygen atoms in total. The van der Waals surface area contributed by atoms with Crippen molar-refractivity contribution >= 4 is 21.9 Å². The lowest BCUT2D eigenvalue weighted by atomic mass is 10.2. The van der Waals surface area contributed by atoms with Crippen molar-refractivity contribution in [3.63, 3.8) is 0 Å². The summed E-state index contributed by atoms with van der Waals surface area (Å²) >= 11 is 3.35. The van der Waals surface area contributed by atoms with Crippen molar-refractivity contribution in [2.24, 2.45) is 0 Å². The maximum Gasteiger partial charge on any atom is 0.335 e. The zero-order valence-corrected chi connectivity index (χ0v) is 12.5. The zero-order chi connectivity index (χ0) is 14.7. The van der Waals surface area contributed by atoms with Crippen LogP contribution in [-0.2, 0) is 0 Å². The second-order valence-corrected chi connectivity index (χ2v) is 4.90. The minimum absolute atomic E-state index is 0.120. The van der Waals surface area contributed by atoms with Crippen LogP contribution >= 0.6 is 15.9 Å². The molecule has 104 valence electrons. The fraction of sp³-hybridized carbons (Fsp3) is 0.143. The van der Waals surface area contributed by atoms with Gasteiger partial charge in [-0.2, -0.15) is 0 Å². The van der Waals surface area contributed by atoms with Crippen molar-refractivity contribution in [2.45, 2.75) is 6.92 Å². The SMILES string of the molecule is COc1ccc(C(=O)O)cc1Oc1cc(C)c(Br)cn1. The number of carboxylic acid groups (broad SMARTS) is 1. The molecule has 0 aliphatic rings. The Labute approximate surface area is 124 Å². The minimum atomic E-state index is -1.03. The topological polar surface area (TPSA) is 68.7 Å². The molecule has 0 atom stereocenters. The van der Waals surface area contributed by atoms with Crippen LogP contribution in [0.4, 0.5) is 0 Å². The lowest BCUT2D eigenvalue weighted by Crippen LogP contribution is -1.99. The number of hydrogen-bond donors (Lipinski definition) is 1. The molecule has 1 aromatic heterocycles. The summed E-state index contributed by atoms with van der Waals surface area (Å²) in [5.74, 6) is 0.0861. The Balaban J connectivity index is 2.37. The van der Waals surface area contributed by atoms with Gasteiger partial charge in [-0.25, -0.2) is 9.78 Å². The maximum atomic E-state index is 11.0. The van der Waals surface area contributed by atoms with Gasteiger partial charge in [0, 0.05) is 16.7 Å². The molecule has 1 heterocycles. The van der Waals surface area contributed by atoms with Crippen LogP contribution < -0.4 is 9.47 Å². The highest BCUT2D eigenvalue weighted by atomic mass is 79.9. The number of rotatable bonds is 4. The molecule has 2 rings (SSSR count). The average Bonchev–Trinajstić information content (AvgIpc) is 2.42. The van der Waals surface area contributed by atoms with Gasteiger partial charge in [0.05, 0.1) is 12.7 Å². The number of aryl methyl sites for hydroxylation is 1. The number of benzene rings is 1. The third-order valence-corrected chi connectivity index (χ3v) is 3.48. The fourth-order valence-corrected chi connectivity index (χ4v) is 1.79. The Hall–Kier alpha value is -2.08. The van der Waals surface area contributed by atoms with Gasteiger partial charge in [-0.15, -0.1) is 0 Å². The standard InChI is InChI=1S/C14H12BrNO4/c1-8-5-13(16-7-10(8)15)20-12-6-9(14(17)18)3-4-11(12)19-2/h3-7H,1-2H3,(H,17,18). The molecule has 20 heavy (non-hydrogen) atoms. The molecule has 0 saturated heterocycles. The molecule has 0 aliphatic heterocycles. The first-order valence-electron chi connectivity index (χ1n) is 5.72. The van der Waals surface area contributed by atoms with Gasteiger partial charge >= 0.3 is 5.97 Å². The van der Waals surface area contributed by atoms with Gasteiger partial charge < -0.3 is 14.6 Å². The van der Waals surface area contributed by atoms with E-state index < -0.39 is 5.97 Å². The number of carbonyl (C=O) groups is 1. The van der Waals surface area contributed by atoms with Crippen LogP contribution in [0.2, 0.25) is 0 Å².